The maximum Gasteiger partial charge on any atom is 0.333 e. The van der Waals surface area contributed by atoms with Crippen molar-refractivity contribution in [1.29, 1.82) is 0 Å². The number of aryl methyl sites for hydroxylation is 2. The molecule has 1 aromatic rings. The zero-order valence-corrected chi connectivity index (χ0v) is 15.8. The molecule has 1 heterocycles. The molecular weight excluding hydrogens is 366 g/mol. The lowest BCUT2D eigenvalue weighted by molar-refractivity contribution is 0.256. The Labute approximate surface area is 158 Å². The van der Waals surface area contributed by atoms with Gasteiger partial charge in [-0.2, -0.15) is 0 Å². The van der Waals surface area contributed by atoms with Crippen LogP contribution in [0.15, 0.2) is 22.2 Å². The molecule has 5 N–H and O–H groups in total. The van der Waals surface area contributed by atoms with Gasteiger partial charge < -0.3 is 16.4 Å². The van der Waals surface area contributed by atoms with Crippen LogP contribution in [-0.4, -0.2) is 33.4 Å². The highest BCUT2D eigenvalue weighted by molar-refractivity contribution is 7.94. The first-order valence-electron chi connectivity index (χ1n) is 9.20. The van der Waals surface area contributed by atoms with E-state index in [9.17, 15) is 13.2 Å². The molecule has 0 atom stereocenters. The van der Waals surface area contributed by atoms with E-state index in [4.69, 9.17) is 5.73 Å². The Morgan fingerprint density at radius 3 is 2.37 bits per heavy atom. The minimum atomic E-state index is -4.12. The van der Waals surface area contributed by atoms with Gasteiger partial charge in [0.25, 0.3) is 10.0 Å². The lowest BCUT2D eigenvalue weighted by Crippen LogP contribution is -2.39. The van der Waals surface area contributed by atoms with Gasteiger partial charge in [-0.3, -0.25) is 4.99 Å². The number of aliphatic imine (C=N–C) groups is 1. The van der Waals surface area contributed by atoms with E-state index in [1.54, 1.807) is 0 Å². The van der Waals surface area contributed by atoms with E-state index in [-0.39, 0.29) is 10.7 Å². The lowest BCUT2D eigenvalue weighted by atomic mass is 9.99. The summed E-state index contributed by atoms with van der Waals surface area (Å²) in [6, 6.07) is 1.48. The van der Waals surface area contributed by atoms with Gasteiger partial charge in [-0.1, -0.05) is 6.07 Å². The average molecular weight is 389 g/mol. The predicted octanol–water partition coefficient (Wildman–Crippen LogP) is 0.917. The van der Waals surface area contributed by atoms with Crippen molar-refractivity contribution in [1.82, 2.24) is 10.0 Å². The van der Waals surface area contributed by atoms with Gasteiger partial charge in [0.2, 0.25) is 0 Å². The summed E-state index contributed by atoms with van der Waals surface area (Å²) in [7, 11) is -4.12. The summed E-state index contributed by atoms with van der Waals surface area (Å²) in [6.45, 7) is 1.01. The van der Waals surface area contributed by atoms with Crippen molar-refractivity contribution in [2.75, 3.05) is 18.4 Å². The van der Waals surface area contributed by atoms with Crippen LogP contribution >= 0.6 is 0 Å². The van der Waals surface area contributed by atoms with E-state index in [0.717, 1.165) is 61.5 Å². The number of anilines is 1. The zero-order valence-electron chi connectivity index (χ0n) is 15.0. The van der Waals surface area contributed by atoms with Crippen LogP contribution < -0.4 is 21.1 Å². The molecule has 1 aromatic carbocycles. The first-order chi connectivity index (χ1) is 13.0. The summed E-state index contributed by atoms with van der Waals surface area (Å²) in [5.41, 5.74) is 11.1. The Bertz CT molecular complexity index is 933. The second kappa shape index (κ2) is 6.88. The highest BCUT2D eigenvalue weighted by Gasteiger charge is 2.29. The van der Waals surface area contributed by atoms with Crippen LogP contribution in [0.25, 0.3) is 0 Å². The smallest absolute Gasteiger partial charge is 0.333 e. The number of amidine groups is 1. The molecule has 0 saturated heterocycles. The molecule has 0 spiro atoms. The van der Waals surface area contributed by atoms with Crippen molar-refractivity contribution in [3.05, 3.63) is 39.4 Å². The van der Waals surface area contributed by atoms with Gasteiger partial charge in [-0.25, -0.2) is 17.9 Å². The Morgan fingerprint density at radius 1 is 1.15 bits per heavy atom. The molecule has 0 bridgehead atoms. The number of nitrogens with two attached hydrogens (primary N) is 1. The van der Waals surface area contributed by atoms with E-state index < -0.39 is 16.1 Å². The van der Waals surface area contributed by atoms with E-state index in [1.165, 1.54) is 11.1 Å². The number of benzene rings is 1. The summed E-state index contributed by atoms with van der Waals surface area (Å²) in [5.74, 6) is 0.180. The van der Waals surface area contributed by atoms with Gasteiger partial charge in [-0.05, 0) is 60.8 Å². The Balaban J connectivity index is 1.57. The molecule has 2 amide bonds. The summed E-state index contributed by atoms with van der Waals surface area (Å²) >= 11 is 0. The number of hydrogen-bond donors (Lipinski definition) is 4. The van der Waals surface area contributed by atoms with Crippen LogP contribution in [0.2, 0.25) is 0 Å². The molecular formula is C18H23N5O3S. The predicted molar refractivity (Wildman–Crippen MR) is 104 cm³/mol. The first kappa shape index (κ1) is 17.8. The summed E-state index contributed by atoms with van der Waals surface area (Å²) < 4.78 is 27.2. The SMILES string of the molecule is NC=C(C1=NCCN1)S(=O)(=O)NC(=O)Nc1c2c(cc3c1CCC3)CCC2. The molecule has 0 radical (unpaired) electrons. The Morgan fingerprint density at radius 2 is 1.81 bits per heavy atom. The van der Waals surface area contributed by atoms with Crippen LogP contribution in [0.1, 0.15) is 35.1 Å². The summed E-state index contributed by atoms with van der Waals surface area (Å²) in [4.78, 5) is 16.4. The molecule has 4 rings (SSSR count). The van der Waals surface area contributed by atoms with Crippen molar-refractivity contribution in [2.24, 2.45) is 10.7 Å². The number of hydrogen-bond acceptors (Lipinski definition) is 6. The van der Waals surface area contributed by atoms with Gasteiger partial charge in [0.05, 0.1) is 6.54 Å². The largest absolute Gasteiger partial charge is 0.403 e. The molecule has 0 aromatic heterocycles. The van der Waals surface area contributed by atoms with Crippen molar-refractivity contribution < 1.29 is 13.2 Å². The third-order valence-electron chi connectivity index (χ3n) is 5.29. The van der Waals surface area contributed by atoms with Crippen LogP contribution in [0.5, 0.6) is 0 Å². The Hall–Kier alpha value is -2.55. The van der Waals surface area contributed by atoms with E-state index in [0.29, 0.717) is 13.1 Å². The number of carbonyl (C=O) groups excluding carboxylic acids is 1. The van der Waals surface area contributed by atoms with Crippen LogP contribution in [-0.2, 0) is 35.7 Å². The molecule has 0 fully saturated rings. The fourth-order valence-corrected chi connectivity index (χ4v) is 5.12. The first-order valence-corrected chi connectivity index (χ1v) is 10.7. The molecule has 8 nitrogen and oxygen atoms in total. The number of rotatable bonds is 4. The topological polar surface area (TPSA) is 126 Å². The molecule has 9 heteroatoms. The fourth-order valence-electron chi connectivity index (χ4n) is 4.14. The number of fused-ring (bicyclic) bond motifs is 2. The van der Waals surface area contributed by atoms with E-state index in [1.807, 2.05) is 0 Å². The molecule has 0 saturated carbocycles. The molecule has 27 heavy (non-hydrogen) atoms. The standard InChI is InChI=1S/C18H23N5O3S/c19-10-15(17-20-7-8-21-17)27(25,26)23-18(24)22-16-13-5-1-3-11(13)9-12-4-2-6-14(12)16/h9-10H,1-8,19H2,(H,20,21)(H2,22,23,24). The second-order valence-electron chi connectivity index (χ2n) is 6.98. The molecule has 3 aliphatic rings. The van der Waals surface area contributed by atoms with Gasteiger partial charge >= 0.3 is 6.03 Å². The van der Waals surface area contributed by atoms with Crippen molar-refractivity contribution >= 4 is 27.6 Å². The van der Waals surface area contributed by atoms with Crippen molar-refractivity contribution in [2.45, 2.75) is 38.5 Å². The molecule has 1 aliphatic heterocycles. The quantitative estimate of drug-likeness (QED) is 0.609. The third kappa shape index (κ3) is 3.27. The minimum absolute atomic E-state index is 0.180. The maximum atomic E-state index is 12.6. The Kier molecular flexibility index (Phi) is 4.55. The zero-order chi connectivity index (χ0) is 19.0. The highest BCUT2D eigenvalue weighted by atomic mass is 32.2. The average Bonchev–Trinajstić information content (AvgIpc) is 3.35. The van der Waals surface area contributed by atoms with Crippen molar-refractivity contribution in [3.8, 4) is 0 Å². The number of carbonyl (C=O) groups is 1. The van der Waals surface area contributed by atoms with Gasteiger partial charge in [0, 0.05) is 18.4 Å². The van der Waals surface area contributed by atoms with Crippen LogP contribution in [0.4, 0.5) is 10.5 Å². The number of amides is 2. The summed E-state index contributed by atoms with van der Waals surface area (Å²) in [6.07, 6.45) is 6.87. The number of nitrogens with zero attached hydrogens (tertiary/aromatic N) is 1. The van der Waals surface area contributed by atoms with E-state index >= 15 is 0 Å². The van der Waals surface area contributed by atoms with Crippen molar-refractivity contribution in [3.63, 3.8) is 0 Å². The maximum absolute atomic E-state index is 12.6. The normalized spacial score (nSPS) is 18.5. The number of sulfonamides is 1. The lowest BCUT2D eigenvalue weighted by Gasteiger charge is -2.17. The molecule has 0 unspecified atom stereocenters. The molecule has 144 valence electrons. The summed E-state index contributed by atoms with van der Waals surface area (Å²) in [5, 5.41) is 5.67. The van der Waals surface area contributed by atoms with E-state index in [2.05, 4.69) is 26.4 Å². The van der Waals surface area contributed by atoms with Crippen LogP contribution in [0, 0.1) is 0 Å². The minimum Gasteiger partial charge on any atom is -0.403 e. The second-order valence-corrected chi connectivity index (χ2v) is 8.63. The van der Waals surface area contributed by atoms with Gasteiger partial charge in [-0.15, -0.1) is 0 Å². The monoisotopic (exact) mass is 389 g/mol. The van der Waals surface area contributed by atoms with Crippen LogP contribution in [0.3, 0.4) is 0 Å². The number of nitrogens with one attached hydrogen (secondary N) is 3. The third-order valence-corrected chi connectivity index (χ3v) is 6.65. The molecule has 2 aliphatic carbocycles. The number of urea groups is 1. The van der Waals surface area contributed by atoms with Gasteiger partial charge in [0.1, 0.15) is 10.7 Å². The fraction of sp³-hybridized carbons (Fsp3) is 0.444. The van der Waals surface area contributed by atoms with Gasteiger partial charge in [0.15, 0.2) is 0 Å². The highest BCUT2D eigenvalue weighted by Crippen LogP contribution is 2.38.